The van der Waals surface area contributed by atoms with E-state index in [2.05, 4.69) is 5.32 Å². The van der Waals surface area contributed by atoms with Crippen molar-refractivity contribution in [1.82, 2.24) is 5.32 Å². The fraction of sp³-hybridized carbons (Fsp3) is 0.273. The predicted octanol–water partition coefficient (Wildman–Crippen LogP) is 1.43. The summed E-state index contributed by atoms with van der Waals surface area (Å²) in [5.41, 5.74) is 0.256. The Hall–Kier alpha value is -2.44. The van der Waals surface area contributed by atoms with Crippen LogP contribution in [0.1, 0.15) is 12.8 Å². The van der Waals surface area contributed by atoms with Gasteiger partial charge in [0.1, 0.15) is 0 Å². The monoisotopic (exact) mass is 249 g/mol. The topological polar surface area (TPSA) is 92.6 Å². The Bertz CT molecular complexity index is 480. The van der Waals surface area contributed by atoms with Crippen LogP contribution in [0.3, 0.4) is 0 Å². The SMILES string of the molecule is O=C1CCCNC(=O)N1c1ccc([N+](=O)[O-])cc1. The summed E-state index contributed by atoms with van der Waals surface area (Å²) in [7, 11) is 0. The van der Waals surface area contributed by atoms with Crippen LogP contribution in [0, 0.1) is 10.1 Å². The molecule has 2 rings (SSSR count). The molecular formula is C11H11N3O4. The second kappa shape index (κ2) is 4.82. The van der Waals surface area contributed by atoms with Crippen molar-refractivity contribution in [3.05, 3.63) is 34.4 Å². The molecule has 0 spiro atoms. The van der Waals surface area contributed by atoms with Crippen molar-refractivity contribution < 1.29 is 14.5 Å². The zero-order valence-corrected chi connectivity index (χ0v) is 9.46. The van der Waals surface area contributed by atoms with Crippen LogP contribution in [0.2, 0.25) is 0 Å². The lowest BCUT2D eigenvalue weighted by Crippen LogP contribution is -2.41. The molecule has 1 aromatic rings. The van der Waals surface area contributed by atoms with Gasteiger partial charge in [0, 0.05) is 25.1 Å². The van der Waals surface area contributed by atoms with E-state index in [4.69, 9.17) is 0 Å². The Morgan fingerprint density at radius 3 is 2.50 bits per heavy atom. The summed E-state index contributed by atoms with van der Waals surface area (Å²) in [5, 5.41) is 13.1. The van der Waals surface area contributed by atoms with E-state index in [-0.39, 0.29) is 18.0 Å². The first-order chi connectivity index (χ1) is 8.59. The van der Waals surface area contributed by atoms with Gasteiger partial charge in [-0.25, -0.2) is 9.69 Å². The molecule has 0 aromatic heterocycles. The zero-order valence-electron chi connectivity index (χ0n) is 9.46. The van der Waals surface area contributed by atoms with Crippen molar-refractivity contribution >= 4 is 23.3 Å². The van der Waals surface area contributed by atoms with Crippen LogP contribution in [0.4, 0.5) is 16.2 Å². The fourth-order valence-corrected chi connectivity index (χ4v) is 1.72. The molecule has 1 aromatic carbocycles. The highest BCUT2D eigenvalue weighted by atomic mass is 16.6. The summed E-state index contributed by atoms with van der Waals surface area (Å²) in [4.78, 5) is 34.5. The van der Waals surface area contributed by atoms with Gasteiger partial charge >= 0.3 is 6.03 Å². The number of non-ortho nitro benzene ring substituents is 1. The molecule has 18 heavy (non-hydrogen) atoms. The third-order valence-electron chi connectivity index (χ3n) is 2.61. The number of nitrogens with one attached hydrogen (secondary N) is 1. The molecule has 3 amide bonds. The minimum absolute atomic E-state index is 0.0820. The molecule has 7 heteroatoms. The first-order valence-electron chi connectivity index (χ1n) is 5.45. The van der Waals surface area contributed by atoms with Gasteiger partial charge in [0.2, 0.25) is 5.91 Å². The summed E-state index contributed by atoms with van der Waals surface area (Å²) in [5.74, 6) is -0.307. The van der Waals surface area contributed by atoms with Crippen LogP contribution in [0.15, 0.2) is 24.3 Å². The average Bonchev–Trinajstić information content (AvgIpc) is 2.51. The molecule has 0 bridgehead atoms. The molecule has 0 atom stereocenters. The largest absolute Gasteiger partial charge is 0.337 e. The maximum Gasteiger partial charge on any atom is 0.328 e. The Kier molecular flexibility index (Phi) is 3.22. The van der Waals surface area contributed by atoms with Gasteiger partial charge in [0.25, 0.3) is 5.69 Å². The number of imide groups is 1. The molecule has 0 radical (unpaired) electrons. The minimum Gasteiger partial charge on any atom is -0.337 e. The van der Waals surface area contributed by atoms with Crippen LogP contribution in [-0.2, 0) is 4.79 Å². The lowest BCUT2D eigenvalue weighted by atomic mass is 10.2. The van der Waals surface area contributed by atoms with Crippen molar-refractivity contribution in [1.29, 1.82) is 0 Å². The van der Waals surface area contributed by atoms with Crippen molar-refractivity contribution in [3.63, 3.8) is 0 Å². The van der Waals surface area contributed by atoms with Gasteiger partial charge < -0.3 is 5.32 Å². The highest BCUT2D eigenvalue weighted by molar-refractivity contribution is 6.14. The fourth-order valence-electron chi connectivity index (χ4n) is 1.72. The highest BCUT2D eigenvalue weighted by Gasteiger charge is 2.25. The van der Waals surface area contributed by atoms with E-state index in [1.165, 1.54) is 24.3 Å². The third kappa shape index (κ3) is 2.29. The number of benzene rings is 1. The molecule has 1 fully saturated rings. The Labute approximate surface area is 103 Å². The molecule has 1 aliphatic heterocycles. The van der Waals surface area contributed by atoms with E-state index >= 15 is 0 Å². The summed E-state index contributed by atoms with van der Waals surface area (Å²) in [6, 6.07) is 4.81. The summed E-state index contributed by atoms with van der Waals surface area (Å²) < 4.78 is 0. The maximum absolute atomic E-state index is 11.8. The number of anilines is 1. The van der Waals surface area contributed by atoms with Gasteiger partial charge in [-0.1, -0.05) is 0 Å². The van der Waals surface area contributed by atoms with E-state index in [0.29, 0.717) is 18.7 Å². The van der Waals surface area contributed by atoms with Gasteiger partial charge in [0.15, 0.2) is 0 Å². The quantitative estimate of drug-likeness (QED) is 0.633. The standard InChI is InChI=1S/C11H11N3O4/c15-10-2-1-7-12-11(16)13(10)8-3-5-9(6-4-8)14(17)18/h3-6H,1-2,7H2,(H,12,16). The molecule has 0 unspecified atom stereocenters. The third-order valence-corrected chi connectivity index (χ3v) is 2.61. The molecule has 7 nitrogen and oxygen atoms in total. The molecule has 1 aliphatic rings. The van der Waals surface area contributed by atoms with E-state index in [1.807, 2.05) is 0 Å². The molecule has 0 saturated carbocycles. The number of nitrogens with zero attached hydrogens (tertiary/aromatic N) is 2. The Morgan fingerprint density at radius 2 is 1.89 bits per heavy atom. The van der Waals surface area contributed by atoms with Gasteiger partial charge in [-0.3, -0.25) is 14.9 Å². The average molecular weight is 249 g/mol. The van der Waals surface area contributed by atoms with Crippen LogP contribution in [-0.4, -0.2) is 23.4 Å². The van der Waals surface area contributed by atoms with Crippen LogP contribution in [0.25, 0.3) is 0 Å². The van der Waals surface area contributed by atoms with E-state index < -0.39 is 11.0 Å². The Balaban J connectivity index is 2.30. The van der Waals surface area contributed by atoms with Crippen molar-refractivity contribution in [2.75, 3.05) is 11.4 Å². The summed E-state index contributed by atoms with van der Waals surface area (Å²) >= 11 is 0. The van der Waals surface area contributed by atoms with Crippen molar-refractivity contribution in [2.45, 2.75) is 12.8 Å². The number of hydrogen-bond acceptors (Lipinski definition) is 4. The summed E-state index contributed by atoms with van der Waals surface area (Å²) in [6.07, 6.45) is 0.865. The van der Waals surface area contributed by atoms with E-state index in [1.54, 1.807) is 0 Å². The minimum atomic E-state index is -0.534. The molecule has 0 aliphatic carbocycles. The van der Waals surface area contributed by atoms with E-state index in [0.717, 1.165) is 4.90 Å². The van der Waals surface area contributed by atoms with Crippen molar-refractivity contribution in [2.24, 2.45) is 0 Å². The Morgan fingerprint density at radius 1 is 1.22 bits per heavy atom. The number of carbonyl (C=O) groups is 2. The number of hydrogen-bond donors (Lipinski definition) is 1. The molecule has 1 N–H and O–H groups in total. The highest BCUT2D eigenvalue weighted by Crippen LogP contribution is 2.21. The van der Waals surface area contributed by atoms with Crippen LogP contribution >= 0.6 is 0 Å². The molecule has 1 saturated heterocycles. The summed E-state index contributed by atoms with van der Waals surface area (Å²) in [6.45, 7) is 0.452. The van der Waals surface area contributed by atoms with Crippen molar-refractivity contribution in [3.8, 4) is 0 Å². The van der Waals surface area contributed by atoms with Crippen LogP contribution in [0.5, 0.6) is 0 Å². The smallest absolute Gasteiger partial charge is 0.328 e. The number of amides is 3. The molecule has 1 heterocycles. The van der Waals surface area contributed by atoms with Gasteiger partial charge in [-0.2, -0.15) is 0 Å². The lowest BCUT2D eigenvalue weighted by Gasteiger charge is -2.18. The van der Waals surface area contributed by atoms with Gasteiger partial charge in [0.05, 0.1) is 10.6 Å². The number of carbonyl (C=O) groups excluding carboxylic acids is 2. The number of nitro groups is 1. The van der Waals surface area contributed by atoms with Gasteiger partial charge in [-0.05, 0) is 18.6 Å². The molecular weight excluding hydrogens is 238 g/mol. The first-order valence-corrected chi connectivity index (χ1v) is 5.45. The van der Waals surface area contributed by atoms with E-state index in [9.17, 15) is 19.7 Å². The number of urea groups is 1. The second-order valence-electron chi connectivity index (χ2n) is 3.84. The number of nitro benzene ring substituents is 1. The van der Waals surface area contributed by atoms with Crippen LogP contribution < -0.4 is 10.2 Å². The van der Waals surface area contributed by atoms with Gasteiger partial charge in [-0.15, -0.1) is 0 Å². The number of rotatable bonds is 2. The second-order valence-corrected chi connectivity index (χ2v) is 3.84. The normalized spacial score (nSPS) is 16.1. The predicted molar refractivity (Wildman–Crippen MR) is 63.2 cm³/mol. The maximum atomic E-state index is 11.8. The lowest BCUT2D eigenvalue weighted by molar-refractivity contribution is -0.384. The zero-order chi connectivity index (χ0) is 13.1. The molecule has 94 valence electrons. The first kappa shape index (κ1) is 12.0.